The van der Waals surface area contributed by atoms with E-state index in [1.165, 1.54) is 4.41 Å². The molecule has 1 aliphatic heterocycles. The first-order valence-electron chi connectivity index (χ1n) is 3.95. The van der Waals surface area contributed by atoms with Crippen LogP contribution in [0.15, 0.2) is 0 Å². The Kier molecular flexibility index (Phi) is 7.15. The summed E-state index contributed by atoms with van der Waals surface area (Å²) in [5.41, 5.74) is 0. The van der Waals surface area contributed by atoms with E-state index in [2.05, 4.69) is 11.9 Å². The Morgan fingerprint density at radius 1 is 1.31 bits per heavy atom. The van der Waals surface area contributed by atoms with Gasteiger partial charge in [-0.05, 0) is 7.05 Å². The Balaban J connectivity index is 0.00000144. The Hall–Kier alpha value is 0.500. The van der Waals surface area contributed by atoms with E-state index < -0.39 is 0 Å². The number of rotatable bonds is 3. The normalized spacial score (nSPS) is 20.3. The highest BCUT2D eigenvalue weighted by Gasteiger charge is 2.14. The number of nitrogens with two attached hydrogens (primary N) is 1. The van der Waals surface area contributed by atoms with Gasteiger partial charge < -0.3 is 4.90 Å². The van der Waals surface area contributed by atoms with Gasteiger partial charge in [-0.2, -0.15) is 23.0 Å². The SMILES string of the molecule is CN1CCN(OSN(C)N)CC1.S. The zero-order valence-corrected chi connectivity index (χ0v) is 9.88. The van der Waals surface area contributed by atoms with Crippen molar-refractivity contribution < 1.29 is 4.28 Å². The van der Waals surface area contributed by atoms with Crippen LogP contribution in [0.25, 0.3) is 0 Å². The second kappa shape index (κ2) is 6.88. The summed E-state index contributed by atoms with van der Waals surface area (Å²) in [7, 11) is 3.86. The van der Waals surface area contributed by atoms with Crippen LogP contribution in [0.2, 0.25) is 0 Å². The van der Waals surface area contributed by atoms with Gasteiger partial charge in [0, 0.05) is 33.2 Å². The van der Waals surface area contributed by atoms with Crippen molar-refractivity contribution in [2.75, 3.05) is 40.3 Å². The fourth-order valence-electron chi connectivity index (χ4n) is 0.962. The molecule has 0 aromatic rings. The summed E-state index contributed by atoms with van der Waals surface area (Å²) < 4.78 is 6.76. The molecule has 2 N–H and O–H groups in total. The molecule has 1 rings (SSSR count). The highest BCUT2D eigenvalue weighted by Crippen LogP contribution is 2.09. The second-order valence-electron chi connectivity index (χ2n) is 2.93. The third-order valence-corrected chi connectivity index (χ3v) is 2.23. The number of hydroxylamine groups is 2. The van der Waals surface area contributed by atoms with Gasteiger partial charge in [-0.1, -0.05) is 0 Å². The van der Waals surface area contributed by atoms with E-state index >= 15 is 0 Å². The molecule has 0 saturated carbocycles. The molecule has 1 saturated heterocycles. The van der Waals surface area contributed by atoms with Gasteiger partial charge in [0.1, 0.15) is 12.2 Å². The third kappa shape index (κ3) is 5.74. The second-order valence-corrected chi connectivity index (χ2v) is 3.80. The summed E-state index contributed by atoms with van der Waals surface area (Å²) in [5, 5.41) is 1.92. The van der Waals surface area contributed by atoms with Crippen LogP contribution < -0.4 is 5.84 Å². The number of hydrogen-bond donors (Lipinski definition) is 1. The summed E-state index contributed by atoms with van der Waals surface area (Å²) >= 11 is 1.16. The van der Waals surface area contributed by atoms with E-state index in [0.29, 0.717) is 0 Å². The van der Waals surface area contributed by atoms with Crippen molar-refractivity contribution in [3.63, 3.8) is 0 Å². The van der Waals surface area contributed by atoms with Crippen LogP contribution >= 0.6 is 25.7 Å². The molecule has 0 atom stereocenters. The van der Waals surface area contributed by atoms with Crippen molar-refractivity contribution in [2.45, 2.75) is 0 Å². The third-order valence-electron chi connectivity index (χ3n) is 1.72. The zero-order valence-electron chi connectivity index (χ0n) is 8.06. The molecule has 80 valence electrons. The molecule has 0 spiro atoms. The van der Waals surface area contributed by atoms with Crippen LogP contribution in [0.5, 0.6) is 0 Å². The molecule has 1 aliphatic rings. The molecule has 0 amide bonds. The van der Waals surface area contributed by atoms with Gasteiger partial charge in [0.15, 0.2) is 0 Å². The molecular formula is C6H18N4OS2. The van der Waals surface area contributed by atoms with Crippen LogP contribution in [0.4, 0.5) is 0 Å². The first-order chi connectivity index (χ1) is 5.68. The number of hydrogen-bond acceptors (Lipinski definition) is 6. The fourth-order valence-corrected chi connectivity index (χ4v) is 1.31. The highest BCUT2D eigenvalue weighted by atomic mass is 32.2. The van der Waals surface area contributed by atoms with Crippen molar-refractivity contribution in [1.29, 1.82) is 0 Å². The predicted molar refractivity (Wildman–Crippen MR) is 60.1 cm³/mol. The maximum Gasteiger partial charge on any atom is 0.120 e. The first-order valence-corrected chi connectivity index (χ1v) is 4.65. The Morgan fingerprint density at radius 2 is 1.85 bits per heavy atom. The molecule has 0 radical (unpaired) electrons. The zero-order chi connectivity index (χ0) is 8.97. The van der Waals surface area contributed by atoms with E-state index in [1.54, 1.807) is 7.05 Å². The quantitative estimate of drug-likeness (QED) is 0.307. The van der Waals surface area contributed by atoms with Crippen molar-refractivity contribution >= 4 is 25.7 Å². The largest absolute Gasteiger partial charge is 0.304 e. The lowest BCUT2D eigenvalue weighted by Gasteiger charge is -2.30. The lowest BCUT2D eigenvalue weighted by Crippen LogP contribution is -2.43. The van der Waals surface area contributed by atoms with E-state index in [4.69, 9.17) is 10.1 Å². The maximum atomic E-state index is 5.37. The molecule has 1 fully saturated rings. The molecule has 0 unspecified atom stereocenters. The number of piperazine rings is 1. The number of hydrazine groups is 1. The molecule has 7 heteroatoms. The standard InChI is InChI=1S/C6H16N4OS.H2S/c1-8-3-5-10(6-4-8)11-12-9(2)7;/h3-7H2,1-2H3;1H2. The lowest BCUT2D eigenvalue weighted by molar-refractivity contribution is -0.0706. The molecule has 0 aliphatic carbocycles. The van der Waals surface area contributed by atoms with Crippen LogP contribution in [0.3, 0.4) is 0 Å². The summed E-state index contributed by atoms with van der Waals surface area (Å²) in [6.07, 6.45) is 0. The van der Waals surface area contributed by atoms with Crippen LogP contribution in [-0.2, 0) is 4.28 Å². The average molecular weight is 226 g/mol. The number of nitrogens with zero attached hydrogens (tertiary/aromatic N) is 3. The Morgan fingerprint density at radius 3 is 2.31 bits per heavy atom. The minimum absolute atomic E-state index is 0. The van der Waals surface area contributed by atoms with E-state index in [9.17, 15) is 0 Å². The summed E-state index contributed by atoms with van der Waals surface area (Å²) in [4.78, 5) is 2.27. The summed E-state index contributed by atoms with van der Waals surface area (Å²) in [6.45, 7) is 3.98. The van der Waals surface area contributed by atoms with Gasteiger partial charge in [-0.3, -0.25) is 5.84 Å². The minimum Gasteiger partial charge on any atom is -0.304 e. The van der Waals surface area contributed by atoms with Gasteiger partial charge in [0.25, 0.3) is 0 Å². The topological polar surface area (TPSA) is 45.0 Å². The monoisotopic (exact) mass is 226 g/mol. The van der Waals surface area contributed by atoms with Gasteiger partial charge in [-0.25, -0.2) is 4.28 Å². The molecule has 1 heterocycles. The Labute approximate surface area is 90.9 Å². The Bertz CT molecular complexity index is 130. The molecule has 13 heavy (non-hydrogen) atoms. The fraction of sp³-hybridized carbons (Fsp3) is 1.00. The van der Waals surface area contributed by atoms with Crippen molar-refractivity contribution in [1.82, 2.24) is 14.4 Å². The van der Waals surface area contributed by atoms with Gasteiger partial charge in [-0.15, -0.1) is 0 Å². The summed E-state index contributed by atoms with van der Waals surface area (Å²) in [6, 6.07) is 0. The van der Waals surface area contributed by atoms with Gasteiger partial charge in [0.05, 0.1) is 0 Å². The van der Waals surface area contributed by atoms with E-state index in [0.717, 1.165) is 38.4 Å². The van der Waals surface area contributed by atoms with Crippen LogP contribution in [0.1, 0.15) is 0 Å². The van der Waals surface area contributed by atoms with E-state index in [1.807, 2.05) is 5.06 Å². The van der Waals surface area contributed by atoms with Gasteiger partial charge >= 0.3 is 0 Å². The van der Waals surface area contributed by atoms with E-state index in [-0.39, 0.29) is 13.5 Å². The lowest BCUT2D eigenvalue weighted by atomic mass is 10.4. The molecule has 0 aromatic heterocycles. The predicted octanol–water partition coefficient (Wildman–Crippen LogP) is -0.353. The van der Waals surface area contributed by atoms with Crippen molar-refractivity contribution in [3.05, 3.63) is 0 Å². The van der Waals surface area contributed by atoms with Gasteiger partial charge in [0.2, 0.25) is 0 Å². The average Bonchev–Trinajstić information content (AvgIpc) is 2.03. The summed E-state index contributed by atoms with van der Waals surface area (Å²) in [5.74, 6) is 5.37. The molecule has 5 nitrogen and oxygen atoms in total. The van der Waals surface area contributed by atoms with Crippen molar-refractivity contribution in [3.8, 4) is 0 Å². The van der Waals surface area contributed by atoms with Crippen molar-refractivity contribution in [2.24, 2.45) is 5.84 Å². The smallest absolute Gasteiger partial charge is 0.120 e. The minimum atomic E-state index is 0. The molecular weight excluding hydrogens is 208 g/mol. The molecule has 0 bridgehead atoms. The first kappa shape index (κ1) is 13.5. The molecule has 0 aromatic carbocycles. The van der Waals surface area contributed by atoms with Crippen LogP contribution in [-0.4, -0.2) is 54.7 Å². The maximum absolute atomic E-state index is 5.37. The van der Waals surface area contributed by atoms with Crippen LogP contribution in [0, 0.1) is 0 Å². The number of likely N-dealkylation sites (N-methyl/N-ethyl adjacent to an activating group) is 1. The highest BCUT2D eigenvalue weighted by molar-refractivity contribution is 7.92.